The highest BCUT2D eigenvalue weighted by atomic mass is 127. The van der Waals surface area contributed by atoms with Crippen LogP contribution in [0, 0.1) is 3.57 Å². The highest BCUT2D eigenvalue weighted by Gasteiger charge is 2.13. The number of fused-ring (bicyclic) bond motifs is 2. The zero-order valence-electron chi connectivity index (χ0n) is 17.8. The molecule has 3 aromatic carbocycles. The molecule has 0 saturated heterocycles. The van der Waals surface area contributed by atoms with Crippen LogP contribution in [-0.2, 0) is 17.8 Å². The summed E-state index contributed by atoms with van der Waals surface area (Å²) >= 11 is 2.31. The minimum Gasteiger partial charge on any atom is -0.486 e. The van der Waals surface area contributed by atoms with E-state index in [1.54, 1.807) is 6.21 Å². The molecule has 0 radical (unpaired) electrons. The Morgan fingerprint density at radius 2 is 1.76 bits per heavy atom. The van der Waals surface area contributed by atoms with E-state index in [4.69, 9.17) is 9.47 Å². The number of carbonyl (C=O) groups is 1. The molecule has 0 spiro atoms. The minimum atomic E-state index is -0.189. The molecule has 0 saturated carbocycles. The molecular weight excluding hydrogens is 529 g/mol. The summed E-state index contributed by atoms with van der Waals surface area (Å²) in [4.78, 5) is 12.4. The van der Waals surface area contributed by atoms with E-state index in [1.165, 1.54) is 9.13 Å². The quantitative estimate of drug-likeness (QED) is 0.214. The number of nitrogens with one attached hydrogen (secondary N) is 1. The molecule has 0 fully saturated rings. The smallest absolute Gasteiger partial charge is 0.244 e. The predicted molar refractivity (Wildman–Crippen MR) is 137 cm³/mol. The maximum atomic E-state index is 12.4. The highest BCUT2D eigenvalue weighted by Crippen LogP contribution is 2.30. The number of carbonyl (C=O) groups excluding carboxylic acids is 1. The van der Waals surface area contributed by atoms with Gasteiger partial charge in [0.05, 0.1) is 12.6 Å². The summed E-state index contributed by atoms with van der Waals surface area (Å²) in [6.07, 6.45) is 3.98. The van der Waals surface area contributed by atoms with Crippen LogP contribution in [0.1, 0.15) is 16.7 Å². The van der Waals surface area contributed by atoms with Gasteiger partial charge in [0.2, 0.25) is 5.91 Å². The molecule has 2 heterocycles. The zero-order valence-corrected chi connectivity index (χ0v) is 20.0. The molecule has 0 aliphatic carbocycles. The van der Waals surface area contributed by atoms with Crippen LogP contribution in [0.4, 0.5) is 0 Å². The Morgan fingerprint density at radius 1 is 1.00 bits per heavy atom. The van der Waals surface area contributed by atoms with Gasteiger partial charge in [-0.1, -0.05) is 36.4 Å². The summed E-state index contributed by atoms with van der Waals surface area (Å²) in [6, 6.07) is 22.3. The van der Waals surface area contributed by atoms with Crippen LogP contribution in [0.2, 0.25) is 0 Å². The normalized spacial score (nSPS) is 12.9. The van der Waals surface area contributed by atoms with Crippen LogP contribution in [0.5, 0.6) is 11.5 Å². The average Bonchev–Trinajstić information content (AvgIpc) is 3.18. The second kappa shape index (κ2) is 9.66. The number of hydrogen-bond donors (Lipinski definition) is 1. The van der Waals surface area contributed by atoms with Crippen molar-refractivity contribution in [1.29, 1.82) is 0 Å². The van der Waals surface area contributed by atoms with Crippen LogP contribution >= 0.6 is 22.6 Å². The number of ether oxygens (including phenoxy) is 2. The third-order valence-corrected chi connectivity index (χ3v) is 6.17. The van der Waals surface area contributed by atoms with Crippen LogP contribution in [0.25, 0.3) is 10.9 Å². The van der Waals surface area contributed by atoms with Crippen molar-refractivity contribution in [2.24, 2.45) is 5.10 Å². The molecule has 1 aliphatic rings. The average molecular weight is 551 g/mol. The van der Waals surface area contributed by atoms with Crippen molar-refractivity contribution in [3.63, 3.8) is 0 Å². The molecule has 1 N–H and O–H groups in total. The van der Waals surface area contributed by atoms with Crippen molar-refractivity contribution in [3.8, 4) is 11.5 Å². The van der Waals surface area contributed by atoms with E-state index >= 15 is 0 Å². The van der Waals surface area contributed by atoms with Crippen molar-refractivity contribution < 1.29 is 14.3 Å². The number of hydrogen-bond acceptors (Lipinski definition) is 4. The number of para-hydroxylation sites is 1. The number of halogens is 1. The van der Waals surface area contributed by atoms with Gasteiger partial charge in [-0.2, -0.15) is 5.10 Å². The second-order valence-electron chi connectivity index (χ2n) is 7.80. The van der Waals surface area contributed by atoms with Gasteiger partial charge >= 0.3 is 0 Å². The topological polar surface area (TPSA) is 64.8 Å². The van der Waals surface area contributed by atoms with Crippen LogP contribution < -0.4 is 14.9 Å². The van der Waals surface area contributed by atoms with Gasteiger partial charge in [-0.15, -0.1) is 0 Å². The van der Waals surface area contributed by atoms with E-state index in [1.807, 2.05) is 30.3 Å². The number of nitrogens with zero attached hydrogens (tertiary/aromatic N) is 2. The molecule has 1 amide bonds. The molecule has 6 nitrogen and oxygen atoms in total. The molecule has 4 aromatic rings. The summed E-state index contributed by atoms with van der Waals surface area (Å²) in [5.74, 6) is 1.20. The number of aromatic nitrogens is 1. The molecule has 1 aromatic heterocycles. The molecule has 0 atom stereocenters. The van der Waals surface area contributed by atoms with Gasteiger partial charge in [0.1, 0.15) is 13.2 Å². The first-order chi connectivity index (χ1) is 16.2. The number of amides is 1. The van der Waals surface area contributed by atoms with Crippen molar-refractivity contribution >= 4 is 45.6 Å². The summed E-state index contributed by atoms with van der Waals surface area (Å²) in [5.41, 5.74) is 6.79. The maximum absolute atomic E-state index is 12.4. The van der Waals surface area contributed by atoms with Gasteiger partial charge in [0.25, 0.3) is 0 Å². The molecule has 0 unspecified atom stereocenters. The Balaban J connectivity index is 1.28. The van der Waals surface area contributed by atoms with Gasteiger partial charge in [0.15, 0.2) is 11.5 Å². The molecule has 1 aliphatic heterocycles. The van der Waals surface area contributed by atoms with Gasteiger partial charge in [-0.25, -0.2) is 5.43 Å². The van der Waals surface area contributed by atoms with Gasteiger partial charge < -0.3 is 14.0 Å². The van der Waals surface area contributed by atoms with Crippen LogP contribution in [0.3, 0.4) is 0 Å². The zero-order chi connectivity index (χ0) is 22.6. The van der Waals surface area contributed by atoms with E-state index in [0.717, 1.165) is 28.6 Å². The Bertz CT molecular complexity index is 1330. The van der Waals surface area contributed by atoms with Gasteiger partial charge in [-0.05, 0) is 64.0 Å². The molecule has 33 heavy (non-hydrogen) atoms. The summed E-state index contributed by atoms with van der Waals surface area (Å²) in [7, 11) is 0. The minimum absolute atomic E-state index is 0.189. The first-order valence-corrected chi connectivity index (χ1v) is 11.8. The predicted octanol–water partition coefficient (Wildman–Crippen LogP) is 4.76. The number of benzene rings is 3. The lowest BCUT2D eigenvalue weighted by Gasteiger charge is -2.18. The third-order valence-electron chi connectivity index (χ3n) is 5.45. The summed E-state index contributed by atoms with van der Waals surface area (Å²) in [5, 5.41) is 5.30. The van der Waals surface area contributed by atoms with Crippen molar-refractivity contribution in [1.82, 2.24) is 9.99 Å². The van der Waals surface area contributed by atoms with Gasteiger partial charge in [-0.3, -0.25) is 4.79 Å². The molecule has 0 bridgehead atoms. The van der Waals surface area contributed by atoms with Crippen LogP contribution in [-0.4, -0.2) is 29.9 Å². The Hall–Kier alpha value is -3.33. The lowest BCUT2D eigenvalue weighted by Crippen LogP contribution is -2.20. The Kier molecular flexibility index (Phi) is 6.30. The lowest BCUT2D eigenvalue weighted by molar-refractivity contribution is -0.120. The van der Waals surface area contributed by atoms with Gasteiger partial charge in [0, 0.05) is 32.8 Å². The third kappa shape index (κ3) is 5.03. The van der Waals surface area contributed by atoms with Crippen molar-refractivity contribution in [2.45, 2.75) is 13.0 Å². The Labute approximate surface area is 205 Å². The number of rotatable bonds is 6. The second-order valence-corrected chi connectivity index (χ2v) is 9.05. The first kappa shape index (κ1) is 21.5. The standard InChI is InChI=1S/C26H22IN3O3/c27-21-8-5-18(6-9-21)16-30-17-20(22-3-1-2-4-23(22)30)15-28-29-26(31)14-19-7-10-24-25(13-19)33-12-11-32-24/h1-10,13,15,17H,11-12,14,16H2,(H,29,31)/b28-15-. The monoisotopic (exact) mass is 551 g/mol. The highest BCUT2D eigenvalue weighted by molar-refractivity contribution is 14.1. The molecule has 5 rings (SSSR count). The van der Waals surface area contributed by atoms with E-state index in [2.05, 4.69) is 80.3 Å². The fraction of sp³-hybridized carbons (Fsp3) is 0.154. The largest absolute Gasteiger partial charge is 0.486 e. The maximum Gasteiger partial charge on any atom is 0.244 e. The van der Waals surface area contributed by atoms with E-state index in [-0.39, 0.29) is 12.3 Å². The summed E-state index contributed by atoms with van der Waals surface area (Å²) < 4.78 is 14.5. The van der Waals surface area contributed by atoms with Crippen LogP contribution in [0.15, 0.2) is 78.0 Å². The lowest BCUT2D eigenvalue weighted by atomic mass is 10.1. The summed E-state index contributed by atoms with van der Waals surface area (Å²) in [6.45, 7) is 1.83. The van der Waals surface area contributed by atoms with Crippen molar-refractivity contribution in [2.75, 3.05) is 13.2 Å². The first-order valence-electron chi connectivity index (χ1n) is 10.7. The SMILES string of the molecule is O=C(Cc1ccc2c(c1)OCCO2)N/N=C\c1cn(Cc2ccc(I)cc2)c2ccccc12. The fourth-order valence-corrected chi connectivity index (χ4v) is 4.25. The molecule has 7 heteroatoms. The van der Waals surface area contributed by atoms with E-state index < -0.39 is 0 Å². The van der Waals surface area contributed by atoms with E-state index in [0.29, 0.717) is 24.7 Å². The fourth-order valence-electron chi connectivity index (χ4n) is 3.89. The van der Waals surface area contributed by atoms with Crippen molar-refractivity contribution in [3.05, 3.63) is 93.2 Å². The molecule has 166 valence electrons. The molecular formula is C26H22IN3O3. The Morgan fingerprint density at radius 3 is 2.61 bits per heavy atom. The van der Waals surface area contributed by atoms with E-state index in [9.17, 15) is 4.79 Å². The number of hydrazone groups is 1.